The third-order valence-corrected chi connectivity index (χ3v) is 8.67. The first-order valence-electron chi connectivity index (χ1n) is 13.5. The van der Waals surface area contributed by atoms with E-state index in [2.05, 4.69) is 5.32 Å². The average Bonchev–Trinajstić information content (AvgIpc) is 2.97. The van der Waals surface area contributed by atoms with Crippen LogP contribution in [0.1, 0.15) is 66.4 Å². The van der Waals surface area contributed by atoms with Crippen LogP contribution in [-0.4, -0.2) is 23.6 Å². The Hall–Kier alpha value is -5.10. The molecule has 1 N–H and O–H groups in total. The van der Waals surface area contributed by atoms with Crippen LogP contribution >= 0.6 is 0 Å². The lowest BCUT2D eigenvalue weighted by atomic mass is 9.82. The van der Waals surface area contributed by atoms with Crippen molar-refractivity contribution in [2.24, 2.45) is 0 Å². The van der Waals surface area contributed by atoms with Crippen LogP contribution in [0, 0.1) is 0 Å². The predicted octanol–water partition coefficient (Wildman–Crippen LogP) is 6.55. The highest BCUT2D eigenvalue weighted by Gasteiger charge is 2.37. The fourth-order valence-electron chi connectivity index (χ4n) is 6.90. The Morgan fingerprint density at radius 1 is 0.525 bits per heavy atom. The SMILES string of the molecule is CCc1cccc(CC)c1N1C(=O)c2ccc3c4ccc5c6c(ccc(c7ccc(c2c37)C1=O)c64)C(=O)NC5=O. The van der Waals surface area contributed by atoms with Crippen molar-refractivity contribution in [3.05, 3.63) is 100 Å². The highest BCUT2D eigenvalue weighted by atomic mass is 16.2. The van der Waals surface area contributed by atoms with Gasteiger partial charge in [0.2, 0.25) is 0 Å². The second-order valence-corrected chi connectivity index (χ2v) is 10.5. The molecule has 6 heteroatoms. The Morgan fingerprint density at radius 3 is 1.35 bits per heavy atom. The molecule has 0 aliphatic carbocycles. The van der Waals surface area contributed by atoms with Crippen molar-refractivity contribution in [1.82, 2.24) is 5.32 Å². The van der Waals surface area contributed by atoms with Gasteiger partial charge in [-0.15, -0.1) is 0 Å². The number of fused-ring (bicyclic) bond motifs is 2. The summed E-state index contributed by atoms with van der Waals surface area (Å²) >= 11 is 0. The summed E-state index contributed by atoms with van der Waals surface area (Å²) in [5.41, 5.74) is 4.52. The van der Waals surface area contributed by atoms with Crippen LogP contribution in [0.2, 0.25) is 0 Å². The molecular formula is C34H22N2O4. The Balaban J connectivity index is 1.48. The number of benzene rings is 6. The molecule has 0 aromatic heterocycles. The van der Waals surface area contributed by atoms with Crippen molar-refractivity contribution in [3.8, 4) is 0 Å². The highest BCUT2D eigenvalue weighted by molar-refractivity contribution is 6.43. The van der Waals surface area contributed by atoms with Gasteiger partial charge in [-0.3, -0.25) is 24.5 Å². The monoisotopic (exact) mass is 522 g/mol. The third kappa shape index (κ3) is 2.63. The number of carbonyl (C=O) groups excluding carboxylic acids is 4. The maximum absolute atomic E-state index is 14.1. The summed E-state index contributed by atoms with van der Waals surface area (Å²) in [6.07, 6.45) is 1.40. The van der Waals surface area contributed by atoms with Gasteiger partial charge in [-0.2, -0.15) is 0 Å². The van der Waals surface area contributed by atoms with Gasteiger partial charge in [0.25, 0.3) is 23.6 Å². The van der Waals surface area contributed by atoms with Gasteiger partial charge in [-0.1, -0.05) is 56.3 Å². The molecule has 0 bridgehead atoms. The summed E-state index contributed by atoms with van der Waals surface area (Å²) in [5, 5.41) is 8.92. The zero-order valence-corrected chi connectivity index (χ0v) is 21.8. The van der Waals surface area contributed by atoms with Gasteiger partial charge in [-0.25, -0.2) is 4.90 Å². The number of para-hydroxylation sites is 1. The van der Waals surface area contributed by atoms with Crippen molar-refractivity contribution in [3.63, 3.8) is 0 Å². The largest absolute Gasteiger partial charge is 0.288 e. The third-order valence-electron chi connectivity index (χ3n) is 8.67. The molecule has 0 spiro atoms. The molecule has 40 heavy (non-hydrogen) atoms. The second-order valence-electron chi connectivity index (χ2n) is 10.5. The molecule has 192 valence electrons. The van der Waals surface area contributed by atoms with Crippen molar-refractivity contribution < 1.29 is 19.2 Å². The number of carbonyl (C=O) groups is 4. The molecule has 6 aromatic carbocycles. The van der Waals surface area contributed by atoms with E-state index >= 15 is 0 Å². The molecule has 6 nitrogen and oxygen atoms in total. The number of nitrogens with zero attached hydrogens (tertiary/aromatic N) is 1. The first kappa shape index (κ1) is 22.8. The van der Waals surface area contributed by atoms with Crippen LogP contribution < -0.4 is 10.2 Å². The topological polar surface area (TPSA) is 83.6 Å². The molecule has 0 fully saturated rings. The summed E-state index contributed by atoms with van der Waals surface area (Å²) in [4.78, 5) is 55.0. The standard InChI is InChI=1S/C34H22N2O4/c1-3-16-6-5-7-17(4-2)30(16)36-33(39)24-14-10-20-18-8-12-22-28-23(32(38)35-31(22)37)13-9-19(26(18)28)21-11-15-25(34(36)40)29(24)27(20)21/h5-15H,3-4H2,1-2H3,(H,35,37,38). The number of aryl methyl sites for hydroxylation is 2. The highest BCUT2D eigenvalue weighted by Crippen LogP contribution is 2.46. The van der Waals surface area contributed by atoms with Crippen LogP contribution in [0.15, 0.2) is 66.7 Å². The molecule has 2 aliphatic heterocycles. The number of amides is 4. The average molecular weight is 523 g/mol. The van der Waals surface area contributed by atoms with Gasteiger partial charge < -0.3 is 0 Å². The normalized spacial score (nSPS) is 14.8. The van der Waals surface area contributed by atoms with Crippen molar-refractivity contribution in [1.29, 1.82) is 0 Å². The molecule has 0 radical (unpaired) electrons. The minimum absolute atomic E-state index is 0.324. The Labute approximate surface area is 228 Å². The quantitative estimate of drug-likeness (QED) is 0.162. The van der Waals surface area contributed by atoms with E-state index in [1.807, 2.05) is 68.4 Å². The number of imide groups is 2. The molecular weight excluding hydrogens is 500 g/mol. The number of nitrogens with one attached hydrogen (secondary N) is 1. The van der Waals surface area contributed by atoms with Crippen LogP contribution in [0.25, 0.3) is 43.1 Å². The van der Waals surface area contributed by atoms with E-state index in [0.29, 0.717) is 51.6 Å². The molecule has 0 saturated heterocycles. The number of rotatable bonds is 3. The van der Waals surface area contributed by atoms with E-state index < -0.39 is 11.8 Å². The maximum atomic E-state index is 14.1. The lowest BCUT2D eigenvalue weighted by Crippen LogP contribution is -2.41. The smallest absolute Gasteiger partial charge is 0.266 e. The summed E-state index contributed by atoms with van der Waals surface area (Å²) in [7, 11) is 0. The van der Waals surface area contributed by atoms with Crippen molar-refractivity contribution in [2.45, 2.75) is 26.7 Å². The van der Waals surface area contributed by atoms with Gasteiger partial charge in [-0.05, 0) is 80.6 Å². The maximum Gasteiger partial charge on any atom is 0.266 e. The number of hydrogen-bond donors (Lipinski definition) is 1. The first-order chi connectivity index (χ1) is 19.4. The van der Waals surface area contributed by atoms with Gasteiger partial charge in [0.15, 0.2) is 0 Å². The molecule has 2 aliphatic rings. The van der Waals surface area contributed by atoms with Crippen LogP contribution in [0.3, 0.4) is 0 Å². The van der Waals surface area contributed by atoms with Crippen molar-refractivity contribution >= 4 is 72.4 Å². The van der Waals surface area contributed by atoms with Gasteiger partial charge in [0.05, 0.1) is 5.69 Å². The van der Waals surface area contributed by atoms with Crippen LogP contribution in [0.4, 0.5) is 5.69 Å². The molecule has 6 aromatic rings. The Morgan fingerprint density at radius 2 is 0.925 bits per heavy atom. The van der Waals surface area contributed by atoms with E-state index in [4.69, 9.17) is 0 Å². The lowest BCUT2D eigenvalue weighted by molar-refractivity contribution is 0.0840. The van der Waals surface area contributed by atoms with E-state index in [1.165, 1.54) is 4.90 Å². The summed E-state index contributed by atoms with van der Waals surface area (Å²) in [6.45, 7) is 4.06. The second kappa shape index (κ2) is 7.73. The van der Waals surface area contributed by atoms with Gasteiger partial charge >= 0.3 is 0 Å². The zero-order chi connectivity index (χ0) is 27.4. The van der Waals surface area contributed by atoms with E-state index in [9.17, 15) is 19.2 Å². The fraction of sp³-hybridized carbons (Fsp3) is 0.118. The summed E-state index contributed by atoms with van der Waals surface area (Å²) < 4.78 is 0. The molecule has 0 atom stereocenters. The predicted molar refractivity (Wildman–Crippen MR) is 156 cm³/mol. The fourth-order valence-corrected chi connectivity index (χ4v) is 6.90. The zero-order valence-electron chi connectivity index (χ0n) is 21.8. The number of hydrogen-bond acceptors (Lipinski definition) is 4. The molecule has 0 unspecified atom stereocenters. The van der Waals surface area contributed by atoms with Crippen LogP contribution in [0.5, 0.6) is 0 Å². The minimum Gasteiger partial charge on any atom is -0.288 e. The van der Waals surface area contributed by atoms with E-state index in [-0.39, 0.29) is 11.8 Å². The summed E-state index contributed by atoms with van der Waals surface area (Å²) in [5.74, 6) is -1.47. The Kier molecular flexibility index (Phi) is 4.41. The lowest BCUT2D eigenvalue weighted by Gasteiger charge is -2.31. The van der Waals surface area contributed by atoms with Gasteiger partial charge in [0.1, 0.15) is 0 Å². The van der Waals surface area contributed by atoms with E-state index in [1.54, 1.807) is 12.1 Å². The van der Waals surface area contributed by atoms with Gasteiger partial charge in [0, 0.05) is 33.0 Å². The molecule has 8 rings (SSSR count). The summed E-state index contributed by atoms with van der Waals surface area (Å²) in [6, 6.07) is 20.7. The molecule has 0 saturated carbocycles. The van der Waals surface area contributed by atoms with Crippen LogP contribution in [-0.2, 0) is 12.8 Å². The molecule has 2 heterocycles. The first-order valence-corrected chi connectivity index (χ1v) is 13.5. The Bertz CT molecular complexity index is 2050. The number of anilines is 1. The molecule has 4 amide bonds. The van der Waals surface area contributed by atoms with Crippen molar-refractivity contribution in [2.75, 3.05) is 4.90 Å². The minimum atomic E-state index is -0.410. The van der Waals surface area contributed by atoms with E-state index in [0.717, 1.165) is 43.4 Å².